The maximum absolute atomic E-state index is 14.4. The Balaban J connectivity index is 1.33. The number of amides is 1. The summed E-state index contributed by atoms with van der Waals surface area (Å²) < 4.78 is 14.4. The number of benzene rings is 3. The number of hydrogen-bond acceptors (Lipinski definition) is 3. The fourth-order valence-corrected chi connectivity index (χ4v) is 4.51. The monoisotopic (exact) mass is 439 g/mol. The van der Waals surface area contributed by atoms with Gasteiger partial charge in [-0.25, -0.2) is 9.37 Å². The minimum atomic E-state index is -0.350. The molecule has 4 aromatic rings. The van der Waals surface area contributed by atoms with E-state index in [1.807, 2.05) is 30.3 Å². The zero-order valence-corrected chi connectivity index (χ0v) is 18.4. The molecule has 1 N–H and O–H groups in total. The minimum Gasteiger partial charge on any atom is -0.349 e. The molecule has 5 heteroatoms. The number of piperidine rings is 1. The molecule has 2 heterocycles. The standard InChI is InChI=1S/C28H26FN3O/c29-25-12-6-4-11-23(25)27-18-24(22-10-5-7-13-26(22)31-27)28(33)30-21-14-16-32(17-15-21)19-20-8-2-1-3-9-20/h1-13,18,21H,14-17,19H2,(H,30,33). The van der Waals surface area contributed by atoms with Crippen molar-refractivity contribution >= 4 is 16.8 Å². The van der Waals surface area contributed by atoms with Crippen molar-refractivity contribution in [1.29, 1.82) is 0 Å². The quantitative estimate of drug-likeness (QED) is 0.451. The fraction of sp³-hybridized carbons (Fsp3) is 0.214. The van der Waals surface area contributed by atoms with Gasteiger partial charge in [-0.1, -0.05) is 60.7 Å². The average Bonchev–Trinajstić information content (AvgIpc) is 2.85. The highest BCUT2D eigenvalue weighted by Gasteiger charge is 2.23. The Labute approximate surface area is 193 Å². The predicted octanol–water partition coefficient (Wildman–Crippen LogP) is 5.44. The number of fused-ring (bicyclic) bond motifs is 1. The number of halogens is 1. The molecule has 0 atom stereocenters. The van der Waals surface area contributed by atoms with Crippen LogP contribution in [0.3, 0.4) is 0 Å². The maximum Gasteiger partial charge on any atom is 0.252 e. The minimum absolute atomic E-state index is 0.119. The second-order valence-corrected chi connectivity index (χ2v) is 8.56. The largest absolute Gasteiger partial charge is 0.349 e. The van der Waals surface area contributed by atoms with Gasteiger partial charge in [-0.15, -0.1) is 0 Å². The van der Waals surface area contributed by atoms with Crippen molar-refractivity contribution in [3.63, 3.8) is 0 Å². The van der Waals surface area contributed by atoms with Gasteiger partial charge in [0.05, 0.1) is 16.8 Å². The molecular formula is C28H26FN3O. The summed E-state index contributed by atoms with van der Waals surface area (Å²) in [7, 11) is 0. The third-order valence-electron chi connectivity index (χ3n) is 6.28. The number of pyridine rings is 1. The van der Waals surface area contributed by atoms with Gasteiger partial charge in [0.2, 0.25) is 0 Å². The van der Waals surface area contributed by atoms with E-state index in [1.54, 1.807) is 24.3 Å². The summed E-state index contributed by atoms with van der Waals surface area (Å²) in [6.45, 7) is 2.82. The smallest absolute Gasteiger partial charge is 0.252 e. The summed E-state index contributed by atoms with van der Waals surface area (Å²) in [4.78, 5) is 20.4. The van der Waals surface area contributed by atoms with Gasteiger partial charge in [-0.05, 0) is 42.7 Å². The molecule has 0 bridgehead atoms. The Morgan fingerprint density at radius 1 is 0.939 bits per heavy atom. The lowest BCUT2D eigenvalue weighted by molar-refractivity contribution is 0.0910. The van der Waals surface area contributed by atoms with Crippen LogP contribution in [0.5, 0.6) is 0 Å². The molecule has 4 nitrogen and oxygen atoms in total. The number of hydrogen-bond donors (Lipinski definition) is 1. The predicted molar refractivity (Wildman–Crippen MR) is 129 cm³/mol. The van der Waals surface area contributed by atoms with Gasteiger partial charge >= 0.3 is 0 Å². The summed E-state index contributed by atoms with van der Waals surface area (Å²) in [5.41, 5.74) is 3.39. The molecule has 0 radical (unpaired) electrons. The molecule has 1 aromatic heterocycles. The van der Waals surface area contributed by atoms with E-state index in [1.165, 1.54) is 11.6 Å². The second kappa shape index (κ2) is 9.51. The van der Waals surface area contributed by atoms with Crippen LogP contribution in [0.25, 0.3) is 22.2 Å². The Hall–Kier alpha value is -3.57. The third kappa shape index (κ3) is 4.78. The second-order valence-electron chi connectivity index (χ2n) is 8.56. The number of carbonyl (C=O) groups excluding carboxylic acids is 1. The molecule has 0 aliphatic carbocycles. The van der Waals surface area contributed by atoms with Gasteiger partial charge in [0, 0.05) is 36.6 Å². The van der Waals surface area contributed by atoms with Crippen molar-refractivity contribution in [1.82, 2.24) is 15.2 Å². The van der Waals surface area contributed by atoms with E-state index in [0.29, 0.717) is 22.3 Å². The van der Waals surface area contributed by atoms with Crippen LogP contribution in [-0.4, -0.2) is 34.9 Å². The molecule has 5 rings (SSSR count). The lowest BCUT2D eigenvalue weighted by Gasteiger charge is -2.32. The van der Waals surface area contributed by atoms with Gasteiger partial charge in [-0.2, -0.15) is 0 Å². The molecule has 0 unspecified atom stereocenters. The van der Waals surface area contributed by atoms with Gasteiger partial charge in [0.1, 0.15) is 5.82 Å². The maximum atomic E-state index is 14.4. The highest BCUT2D eigenvalue weighted by atomic mass is 19.1. The van der Waals surface area contributed by atoms with E-state index in [0.717, 1.165) is 37.9 Å². The number of nitrogens with one attached hydrogen (secondary N) is 1. The van der Waals surface area contributed by atoms with Crippen LogP contribution in [0.4, 0.5) is 4.39 Å². The molecule has 1 saturated heterocycles. The summed E-state index contributed by atoms with van der Waals surface area (Å²) in [5.74, 6) is -0.481. The summed E-state index contributed by atoms with van der Waals surface area (Å²) in [6, 6.07) is 26.3. The summed E-state index contributed by atoms with van der Waals surface area (Å²) in [6.07, 6.45) is 1.81. The zero-order valence-electron chi connectivity index (χ0n) is 18.4. The van der Waals surface area contributed by atoms with Crippen LogP contribution in [-0.2, 0) is 6.54 Å². The van der Waals surface area contributed by atoms with Crippen LogP contribution >= 0.6 is 0 Å². The molecule has 166 valence electrons. The first kappa shape index (κ1) is 21.3. The van der Waals surface area contributed by atoms with Crippen molar-refractivity contribution in [3.05, 3.63) is 102 Å². The van der Waals surface area contributed by atoms with Crippen LogP contribution in [0.1, 0.15) is 28.8 Å². The Kier molecular flexibility index (Phi) is 6.13. The van der Waals surface area contributed by atoms with E-state index >= 15 is 0 Å². The van der Waals surface area contributed by atoms with Crippen molar-refractivity contribution in [2.24, 2.45) is 0 Å². The average molecular weight is 440 g/mol. The van der Waals surface area contributed by atoms with Gasteiger partial charge in [-0.3, -0.25) is 9.69 Å². The molecule has 0 spiro atoms. The molecule has 1 fully saturated rings. The topological polar surface area (TPSA) is 45.2 Å². The molecule has 0 saturated carbocycles. The van der Waals surface area contributed by atoms with Crippen LogP contribution < -0.4 is 5.32 Å². The van der Waals surface area contributed by atoms with Crippen molar-refractivity contribution in [2.45, 2.75) is 25.4 Å². The first-order chi connectivity index (χ1) is 16.2. The first-order valence-electron chi connectivity index (χ1n) is 11.4. The summed E-state index contributed by atoms with van der Waals surface area (Å²) >= 11 is 0. The van der Waals surface area contributed by atoms with Crippen molar-refractivity contribution in [2.75, 3.05) is 13.1 Å². The molecule has 1 amide bonds. The third-order valence-corrected chi connectivity index (χ3v) is 6.28. The van der Waals surface area contributed by atoms with Crippen LogP contribution in [0.2, 0.25) is 0 Å². The molecule has 33 heavy (non-hydrogen) atoms. The van der Waals surface area contributed by atoms with Gasteiger partial charge < -0.3 is 5.32 Å². The van der Waals surface area contributed by atoms with E-state index in [9.17, 15) is 9.18 Å². The number of likely N-dealkylation sites (tertiary alicyclic amines) is 1. The van der Waals surface area contributed by atoms with Gasteiger partial charge in [0.25, 0.3) is 5.91 Å². The van der Waals surface area contributed by atoms with E-state index in [2.05, 4.69) is 39.5 Å². The number of aromatic nitrogens is 1. The number of para-hydroxylation sites is 1. The Bertz CT molecular complexity index is 1270. The van der Waals surface area contributed by atoms with Crippen molar-refractivity contribution in [3.8, 4) is 11.3 Å². The number of rotatable bonds is 5. The van der Waals surface area contributed by atoms with E-state index in [-0.39, 0.29) is 17.8 Å². The fourth-order valence-electron chi connectivity index (χ4n) is 4.51. The number of carbonyl (C=O) groups is 1. The number of nitrogens with zero attached hydrogens (tertiary/aromatic N) is 2. The highest BCUT2D eigenvalue weighted by molar-refractivity contribution is 6.07. The van der Waals surface area contributed by atoms with E-state index < -0.39 is 0 Å². The van der Waals surface area contributed by atoms with E-state index in [4.69, 9.17) is 0 Å². The summed E-state index contributed by atoms with van der Waals surface area (Å²) in [5, 5.41) is 3.99. The van der Waals surface area contributed by atoms with Crippen molar-refractivity contribution < 1.29 is 9.18 Å². The van der Waals surface area contributed by atoms with Gasteiger partial charge in [0.15, 0.2) is 0 Å². The first-order valence-corrected chi connectivity index (χ1v) is 11.4. The Morgan fingerprint density at radius 2 is 1.64 bits per heavy atom. The highest BCUT2D eigenvalue weighted by Crippen LogP contribution is 2.27. The lowest BCUT2D eigenvalue weighted by atomic mass is 10.0. The molecular weight excluding hydrogens is 413 g/mol. The van der Waals surface area contributed by atoms with Crippen LogP contribution in [0.15, 0.2) is 84.9 Å². The zero-order chi connectivity index (χ0) is 22.6. The normalized spacial score (nSPS) is 14.9. The molecule has 3 aromatic carbocycles. The van der Waals surface area contributed by atoms with Crippen LogP contribution in [0, 0.1) is 5.82 Å². The lowest BCUT2D eigenvalue weighted by Crippen LogP contribution is -2.44. The SMILES string of the molecule is O=C(NC1CCN(Cc2ccccc2)CC1)c1cc(-c2ccccc2F)nc2ccccc12. The molecule has 1 aliphatic heterocycles. The molecule has 1 aliphatic rings. The Morgan fingerprint density at radius 3 is 2.42 bits per heavy atom.